The molecule has 5 nitrogen and oxygen atoms in total. The molecule has 1 rings (SSSR count). The molecule has 0 aliphatic carbocycles. The van der Waals surface area contributed by atoms with Gasteiger partial charge in [0.1, 0.15) is 11.6 Å². The summed E-state index contributed by atoms with van der Waals surface area (Å²) in [6.45, 7) is 6.47. The van der Waals surface area contributed by atoms with E-state index in [1.807, 2.05) is 32.7 Å². The molecule has 0 spiro atoms. The fraction of sp³-hybridized carbons (Fsp3) is 0.636. The normalized spacial score (nSPS) is 12.1. The van der Waals surface area contributed by atoms with Gasteiger partial charge in [-0.25, -0.2) is 9.97 Å². The van der Waals surface area contributed by atoms with Crippen molar-refractivity contribution in [2.45, 2.75) is 32.9 Å². The van der Waals surface area contributed by atoms with Crippen molar-refractivity contribution in [1.29, 1.82) is 0 Å². The third kappa shape index (κ3) is 3.15. The van der Waals surface area contributed by atoms with Gasteiger partial charge in [-0.05, 0) is 27.8 Å². The number of rotatable bonds is 4. The van der Waals surface area contributed by atoms with Crippen LogP contribution in [0.15, 0.2) is 6.07 Å². The molecule has 1 heterocycles. The molecule has 1 aromatic heterocycles. The molecule has 0 amide bonds. The van der Waals surface area contributed by atoms with Crippen LogP contribution in [-0.4, -0.2) is 39.2 Å². The zero-order chi connectivity index (χ0) is 12.3. The number of hydrogen-bond acceptors (Lipinski definition) is 5. The SMILES string of the molecule is Cc1cc(N)nc(CN(C)C(C)(C)CO)n1. The molecule has 90 valence electrons. The monoisotopic (exact) mass is 224 g/mol. The van der Waals surface area contributed by atoms with Crippen LogP contribution in [0.25, 0.3) is 0 Å². The lowest BCUT2D eigenvalue weighted by Gasteiger charge is -2.33. The zero-order valence-corrected chi connectivity index (χ0v) is 10.4. The number of nitrogens with zero attached hydrogens (tertiary/aromatic N) is 3. The number of likely N-dealkylation sites (N-methyl/N-ethyl adjacent to an activating group) is 1. The van der Waals surface area contributed by atoms with Crippen LogP contribution in [-0.2, 0) is 6.54 Å². The van der Waals surface area contributed by atoms with E-state index in [0.717, 1.165) is 5.69 Å². The zero-order valence-electron chi connectivity index (χ0n) is 10.4. The second-order valence-electron chi connectivity index (χ2n) is 4.68. The molecule has 1 aromatic rings. The Balaban J connectivity index is 2.80. The highest BCUT2D eigenvalue weighted by molar-refractivity contribution is 5.29. The first-order valence-electron chi connectivity index (χ1n) is 5.27. The third-order valence-corrected chi connectivity index (χ3v) is 2.72. The fourth-order valence-electron chi connectivity index (χ4n) is 1.27. The van der Waals surface area contributed by atoms with Gasteiger partial charge in [0, 0.05) is 17.3 Å². The van der Waals surface area contributed by atoms with Crippen molar-refractivity contribution in [2.24, 2.45) is 0 Å². The summed E-state index contributed by atoms with van der Waals surface area (Å²) in [5.41, 5.74) is 6.23. The van der Waals surface area contributed by atoms with Crippen LogP contribution in [0.1, 0.15) is 25.4 Å². The maximum Gasteiger partial charge on any atom is 0.144 e. The van der Waals surface area contributed by atoms with E-state index in [-0.39, 0.29) is 12.1 Å². The Morgan fingerprint density at radius 1 is 1.44 bits per heavy atom. The minimum atomic E-state index is -0.290. The summed E-state index contributed by atoms with van der Waals surface area (Å²) in [7, 11) is 1.93. The number of hydrogen-bond donors (Lipinski definition) is 2. The molecule has 5 heteroatoms. The van der Waals surface area contributed by atoms with E-state index in [0.29, 0.717) is 18.2 Å². The van der Waals surface area contributed by atoms with E-state index >= 15 is 0 Å². The van der Waals surface area contributed by atoms with E-state index in [4.69, 9.17) is 5.73 Å². The van der Waals surface area contributed by atoms with Crippen molar-refractivity contribution in [3.8, 4) is 0 Å². The Hall–Kier alpha value is -1.20. The number of anilines is 1. The lowest BCUT2D eigenvalue weighted by atomic mass is 10.1. The molecule has 0 atom stereocenters. The van der Waals surface area contributed by atoms with E-state index in [9.17, 15) is 5.11 Å². The molecule has 0 aromatic carbocycles. The molecule has 0 aliphatic heterocycles. The van der Waals surface area contributed by atoms with E-state index in [2.05, 4.69) is 9.97 Å². The topological polar surface area (TPSA) is 75.3 Å². The Morgan fingerprint density at radius 3 is 2.56 bits per heavy atom. The minimum absolute atomic E-state index is 0.0881. The molecular weight excluding hydrogens is 204 g/mol. The maximum absolute atomic E-state index is 9.24. The van der Waals surface area contributed by atoms with Crippen molar-refractivity contribution in [1.82, 2.24) is 14.9 Å². The van der Waals surface area contributed by atoms with Gasteiger partial charge in [-0.2, -0.15) is 0 Å². The van der Waals surface area contributed by atoms with Crippen LogP contribution in [0, 0.1) is 6.92 Å². The van der Waals surface area contributed by atoms with Crippen molar-refractivity contribution in [2.75, 3.05) is 19.4 Å². The molecule has 0 aliphatic rings. The second-order valence-corrected chi connectivity index (χ2v) is 4.68. The molecular formula is C11H20N4O. The first kappa shape index (κ1) is 12.9. The van der Waals surface area contributed by atoms with Crippen LogP contribution in [0.2, 0.25) is 0 Å². The number of aromatic nitrogens is 2. The highest BCUT2D eigenvalue weighted by Crippen LogP contribution is 2.14. The molecule has 16 heavy (non-hydrogen) atoms. The van der Waals surface area contributed by atoms with Crippen molar-refractivity contribution >= 4 is 5.82 Å². The third-order valence-electron chi connectivity index (χ3n) is 2.72. The van der Waals surface area contributed by atoms with Gasteiger partial charge in [-0.3, -0.25) is 4.90 Å². The van der Waals surface area contributed by atoms with E-state index in [1.165, 1.54) is 0 Å². The quantitative estimate of drug-likeness (QED) is 0.782. The van der Waals surface area contributed by atoms with E-state index in [1.54, 1.807) is 6.07 Å². The average Bonchev–Trinajstić information content (AvgIpc) is 2.15. The maximum atomic E-state index is 9.24. The lowest BCUT2D eigenvalue weighted by molar-refractivity contribution is 0.0714. The number of aryl methyl sites for hydroxylation is 1. The minimum Gasteiger partial charge on any atom is -0.394 e. The Bertz CT molecular complexity index is 345. The smallest absolute Gasteiger partial charge is 0.144 e. The Kier molecular flexibility index (Phi) is 3.83. The highest BCUT2D eigenvalue weighted by atomic mass is 16.3. The highest BCUT2D eigenvalue weighted by Gasteiger charge is 2.23. The number of aliphatic hydroxyl groups excluding tert-OH is 1. The van der Waals surface area contributed by atoms with Gasteiger partial charge in [0.15, 0.2) is 0 Å². The van der Waals surface area contributed by atoms with Crippen molar-refractivity contribution in [3.63, 3.8) is 0 Å². The van der Waals surface area contributed by atoms with Crippen LogP contribution in [0.3, 0.4) is 0 Å². The van der Waals surface area contributed by atoms with Gasteiger partial charge in [-0.1, -0.05) is 0 Å². The van der Waals surface area contributed by atoms with Crippen molar-refractivity contribution < 1.29 is 5.11 Å². The van der Waals surface area contributed by atoms with Gasteiger partial charge in [0.25, 0.3) is 0 Å². The Labute approximate surface area is 96.3 Å². The molecule has 0 unspecified atom stereocenters. The predicted molar refractivity (Wildman–Crippen MR) is 63.8 cm³/mol. The molecule has 0 fully saturated rings. The fourth-order valence-corrected chi connectivity index (χ4v) is 1.27. The molecule has 3 N–H and O–H groups in total. The van der Waals surface area contributed by atoms with Gasteiger partial charge in [0.05, 0.1) is 13.2 Å². The summed E-state index contributed by atoms with van der Waals surface area (Å²) in [5, 5.41) is 9.24. The predicted octanol–water partition coefficient (Wildman–Crippen LogP) is 0.570. The second kappa shape index (κ2) is 4.76. The summed E-state index contributed by atoms with van der Waals surface area (Å²) in [6.07, 6.45) is 0. The summed E-state index contributed by atoms with van der Waals surface area (Å²) in [6, 6.07) is 1.74. The van der Waals surface area contributed by atoms with Gasteiger partial charge in [0.2, 0.25) is 0 Å². The summed E-state index contributed by atoms with van der Waals surface area (Å²) >= 11 is 0. The van der Waals surface area contributed by atoms with Crippen LogP contribution < -0.4 is 5.73 Å². The molecule has 0 saturated carbocycles. The number of aliphatic hydroxyl groups is 1. The standard InChI is InChI=1S/C11H20N4O/c1-8-5-9(12)14-10(13-8)6-15(4)11(2,3)7-16/h5,16H,6-7H2,1-4H3,(H2,12,13,14). The van der Waals surface area contributed by atoms with Crippen LogP contribution in [0.4, 0.5) is 5.82 Å². The largest absolute Gasteiger partial charge is 0.394 e. The molecule has 0 bridgehead atoms. The molecule has 0 saturated heterocycles. The van der Waals surface area contributed by atoms with Crippen LogP contribution >= 0.6 is 0 Å². The van der Waals surface area contributed by atoms with Gasteiger partial charge >= 0.3 is 0 Å². The molecule has 0 radical (unpaired) electrons. The number of nitrogens with two attached hydrogens (primary N) is 1. The summed E-state index contributed by atoms with van der Waals surface area (Å²) < 4.78 is 0. The van der Waals surface area contributed by atoms with Gasteiger partial charge < -0.3 is 10.8 Å². The first-order valence-corrected chi connectivity index (χ1v) is 5.27. The number of nitrogen functional groups attached to an aromatic ring is 1. The summed E-state index contributed by atoms with van der Waals surface area (Å²) in [5.74, 6) is 1.17. The lowest BCUT2D eigenvalue weighted by Crippen LogP contribution is -2.44. The Morgan fingerprint density at radius 2 is 2.06 bits per heavy atom. The van der Waals surface area contributed by atoms with E-state index < -0.39 is 0 Å². The van der Waals surface area contributed by atoms with Gasteiger partial charge in [-0.15, -0.1) is 0 Å². The van der Waals surface area contributed by atoms with Crippen molar-refractivity contribution in [3.05, 3.63) is 17.6 Å². The first-order chi connectivity index (χ1) is 7.35. The average molecular weight is 224 g/mol. The van der Waals surface area contributed by atoms with Crippen LogP contribution in [0.5, 0.6) is 0 Å². The summed E-state index contributed by atoms with van der Waals surface area (Å²) in [4.78, 5) is 10.5.